The molecule has 1 N–H and O–H groups in total. The lowest BCUT2D eigenvalue weighted by atomic mass is 10.1. The lowest BCUT2D eigenvalue weighted by Crippen LogP contribution is -2.10. The first-order valence-electron chi connectivity index (χ1n) is 4.82. The molecule has 0 radical (unpaired) electrons. The predicted octanol–water partition coefficient (Wildman–Crippen LogP) is 4.51. The molecule has 3 heteroatoms. The van der Waals surface area contributed by atoms with E-state index in [9.17, 15) is 0 Å². The van der Waals surface area contributed by atoms with Gasteiger partial charge in [-0.15, -0.1) is 0 Å². The largest absolute Gasteiger partial charge is 0.384 e. The minimum absolute atomic E-state index is 0.723. The minimum Gasteiger partial charge on any atom is -0.384 e. The van der Waals surface area contributed by atoms with Crippen LogP contribution in [0.25, 0.3) is 0 Å². The van der Waals surface area contributed by atoms with Crippen molar-refractivity contribution >= 4 is 44.2 Å². The molecule has 0 bridgehead atoms. The SMILES string of the molecule is CCC(C)CNc1ccc(I)cc1Br. The summed E-state index contributed by atoms with van der Waals surface area (Å²) >= 11 is 5.87. The molecule has 14 heavy (non-hydrogen) atoms. The van der Waals surface area contributed by atoms with Gasteiger partial charge in [0.15, 0.2) is 0 Å². The zero-order chi connectivity index (χ0) is 10.6. The third-order valence-corrected chi connectivity index (χ3v) is 3.60. The Hall–Kier alpha value is 0.230. The number of halogens is 2. The van der Waals surface area contributed by atoms with E-state index in [-0.39, 0.29) is 0 Å². The van der Waals surface area contributed by atoms with Crippen molar-refractivity contribution in [3.05, 3.63) is 26.2 Å². The zero-order valence-corrected chi connectivity index (χ0v) is 12.2. The molecule has 1 aromatic rings. The van der Waals surface area contributed by atoms with Gasteiger partial charge in [-0.2, -0.15) is 0 Å². The first-order valence-corrected chi connectivity index (χ1v) is 6.69. The fourth-order valence-corrected chi connectivity index (χ4v) is 2.50. The van der Waals surface area contributed by atoms with Crippen LogP contribution >= 0.6 is 38.5 Å². The summed E-state index contributed by atoms with van der Waals surface area (Å²) in [7, 11) is 0. The number of nitrogens with one attached hydrogen (secondary N) is 1. The summed E-state index contributed by atoms with van der Waals surface area (Å²) in [4.78, 5) is 0. The highest BCUT2D eigenvalue weighted by Gasteiger charge is 2.02. The van der Waals surface area contributed by atoms with Crippen LogP contribution in [0.2, 0.25) is 0 Å². The fraction of sp³-hybridized carbons (Fsp3) is 0.455. The van der Waals surface area contributed by atoms with Gasteiger partial charge < -0.3 is 5.32 Å². The van der Waals surface area contributed by atoms with Gasteiger partial charge in [-0.05, 0) is 62.6 Å². The van der Waals surface area contributed by atoms with Crippen molar-refractivity contribution in [1.29, 1.82) is 0 Å². The topological polar surface area (TPSA) is 12.0 Å². The van der Waals surface area contributed by atoms with E-state index in [4.69, 9.17) is 0 Å². The Bertz CT molecular complexity index is 301. The van der Waals surface area contributed by atoms with Gasteiger partial charge in [-0.25, -0.2) is 0 Å². The molecule has 0 aliphatic carbocycles. The van der Waals surface area contributed by atoms with Gasteiger partial charge in [0.05, 0.1) is 0 Å². The highest BCUT2D eigenvalue weighted by Crippen LogP contribution is 2.24. The summed E-state index contributed by atoms with van der Waals surface area (Å²) in [6.45, 7) is 5.51. The summed E-state index contributed by atoms with van der Waals surface area (Å²) in [6.07, 6.45) is 1.22. The van der Waals surface area contributed by atoms with Crippen LogP contribution < -0.4 is 5.32 Å². The van der Waals surface area contributed by atoms with Crippen molar-refractivity contribution in [2.75, 3.05) is 11.9 Å². The number of hydrogen-bond donors (Lipinski definition) is 1. The van der Waals surface area contributed by atoms with Crippen LogP contribution in [0.3, 0.4) is 0 Å². The lowest BCUT2D eigenvalue weighted by molar-refractivity contribution is 0.593. The summed E-state index contributed by atoms with van der Waals surface area (Å²) in [5.41, 5.74) is 1.19. The van der Waals surface area contributed by atoms with Gasteiger partial charge in [0.1, 0.15) is 0 Å². The van der Waals surface area contributed by atoms with E-state index in [0.29, 0.717) is 0 Å². The molecule has 0 fully saturated rings. The van der Waals surface area contributed by atoms with Crippen molar-refractivity contribution in [3.8, 4) is 0 Å². The Labute approximate surface area is 108 Å². The summed E-state index contributed by atoms with van der Waals surface area (Å²) in [6, 6.07) is 6.36. The molecule has 1 atom stereocenters. The first kappa shape index (κ1) is 12.3. The normalized spacial score (nSPS) is 12.6. The van der Waals surface area contributed by atoms with E-state index < -0.39 is 0 Å². The van der Waals surface area contributed by atoms with Crippen molar-refractivity contribution in [2.24, 2.45) is 5.92 Å². The molecule has 0 aliphatic rings. The quantitative estimate of drug-likeness (QED) is 0.772. The van der Waals surface area contributed by atoms with Gasteiger partial charge >= 0.3 is 0 Å². The smallest absolute Gasteiger partial charge is 0.0485 e. The van der Waals surface area contributed by atoms with Gasteiger partial charge in [0.25, 0.3) is 0 Å². The average Bonchev–Trinajstić information content (AvgIpc) is 2.16. The van der Waals surface area contributed by atoms with Crippen molar-refractivity contribution in [2.45, 2.75) is 20.3 Å². The van der Waals surface area contributed by atoms with Gasteiger partial charge in [0.2, 0.25) is 0 Å². The van der Waals surface area contributed by atoms with Crippen LogP contribution in [0.1, 0.15) is 20.3 Å². The Kier molecular flexibility index (Phi) is 5.23. The minimum atomic E-state index is 0.723. The van der Waals surface area contributed by atoms with E-state index >= 15 is 0 Å². The van der Waals surface area contributed by atoms with Crippen LogP contribution in [-0.4, -0.2) is 6.54 Å². The zero-order valence-electron chi connectivity index (χ0n) is 8.48. The molecule has 1 nitrogen and oxygen atoms in total. The summed E-state index contributed by atoms with van der Waals surface area (Å²) < 4.78 is 2.40. The third-order valence-electron chi connectivity index (χ3n) is 2.27. The molecule has 0 saturated carbocycles. The molecule has 0 amide bonds. The van der Waals surface area contributed by atoms with Crippen LogP contribution in [0.4, 0.5) is 5.69 Å². The number of anilines is 1. The third kappa shape index (κ3) is 3.77. The van der Waals surface area contributed by atoms with Crippen molar-refractivity contribution in [1.82, 2.24) is 0 Å². The maximum Gasteiger partial charge on any atom is 0.0485 e. The van der Waals surface area contributed by atoms with Crippen LogP contribution in [0.5, 0.6) is 0 Å². The van der Waals surface area contributed by atoms with E-state index in [1.54, 1.807) is 0 Å². The van der Waals surface area contributed by atoms with Crippen molar-refractivity contribution < 1.29 is 0 Å². The number of hydrogen-bond acceptors (Lipinski definition) is 1. The Balaban J connectivity index is 2.59. The molecule has 1 unspecified atom stereocenters. The fourth-order valence-electron chi connectivity index (χ4n) is 1.06. The van der Waals surface area contributed by atoms with Gasteiger partial charge in [0, 0.05) is 20.3 Å². The summed E-state index contributed by atoms with van der Waals surface area (Å²) in [5.74, 6) is 0.723. The van der Waals surface area contributed by atoms with Gasteiger partial charge in [-0.3, -0.25) is 0 Å². The van der Waals surface area contributed by atoms with Crippen LogP contribution in [0.15, 0.2) is 22.7 Å². The second-order valence-corrected chi connectivity index (χ2v) is 5.62. The Morgan fingerprint density at radius 2 is 2.21 bits per heavy atom. The number of benzene rings is 1. The van der Waals surface area contributed by atoms with Gasteiger partial charge in [-0.1, -0.05) is 20.3 Å². The summed E-state index contributed by atoms with van der Waals surface area (Å²) in [5, 5.41) is 3.44. The molecule has 0 aliphatic heterocycles. The van der Waals surface area contributed by atoms with Crippen LogP contribution in [0, 0.1) is 9.49 Å². The molecular formula is C11H15BrIN. The first-order chi connectivity index (χ1) is 6.63. The Morgan fingerprint density at radius 1 is 1.50 bits per heavy atom. The maximum atomic E-state index is 3.55. The van der Waals surface area contributed by atoms with E-state index in [1.165, 1.54) is 15.7 Å². The molecular weight excluding hydrogens is 353 g/mol. The van der Waals surface area contributed by atoms with E-state index in [1.807, 2.05) is 0 Å². The maximum absolute atomic E-state index is 3.55. The molecule has 0 saturated heterocycles. The van der Waals surface area contributed by atoms with E-state index in [0.717, 1.165) is 16.9 Å². The predicted molar refractivity (Wildman–Crippen MR) is 74.8 cm³/mol. The lowest BCUT2D eigenvalue weighted by Gasteiger charge is -2.12. The highest BCUT2D eigenvalue weighted by molar-refractivity contribution is 14.1. The molecule has 0 spiro atoms. The highest BCUT2D eigenvalue weighted by atomic mass is 127. The molecule has 0 aromatic heterocycles. The molecule has 1 rings (SSSR count). The standard InChI is InChI=1S/C11H15BrIN/c1-3-8(2)7-14-11-5-4-9(13)6-10(11)12/h4-6,8,14H,3,7H2,1-2H3. The molecule has 78 valence electrons. The second kappa shape index (κ2) is 5.95. The molecule has 0 heterocycles. The monoisotopic (exact) mass is 367 g/mol. The number of rotatable bonds is 4. The Morgan fingerprint density at radius 3 is 2.79 bits per heavy atom. The van der Waals surface area contributed by atoms with Crippen molar-refractivity contribution in [3.63, 3.8) is 0 Å². The molecule has 1 aromatic carbocycles. The second-order valence-electron chi connectivity index (χ2n) is 3.52. The average molecular weight is 368 g/mol. The van der Waals surface area contributed by atoms with Crippen LogP contribution in [-0.2, 0) is 0 Å². The van der Waals surface area contributed by atoms with E-state index in [2.05, 4.69) is 75.9 Å².